The third kappa shape index (κ3) is 5.39. The van der Waals surface area contributed by atoms with E-state index < -0.39 is 12.0 Å². The lowest BCUT2D eigenvalue weighted by molar-refractivity contribution is -0.140. The van der Waals surface area contributed by atoms with Gasteiger partial charge in [-0.05, 0) is 36.1 Å². The predicted octanol–water partition coefficient (Wildman–Crippen LogP) is 3.77. The summed E-state index contributed by atoms with van der Waals surface area (Å²) in [6.07, 6.45) is 0. The molecule has 1 unspecified atom stereocenters. The van der Waals surface area contributed by atoms with E-state index in [2.05, 4.69) is 24.4 Å². The van der Waals surface area contributed by atoms with Crippen molar-refractivity contribution in [1.29, 1.82) is 0 Å². The number of rotatable bonds is 8. The minimum absolute atomic E-state index is 0.0308. The zero-order valence-corrected chi connectivity index (χ0v) is 14.5. The number of carboxylic acid groups (broad SMARTS) is 1. The number of carboxylic acids is 1. The Morgan fingerprint density at radius 3 is 2.50 bits per heavy atom. The zero-order chi connectivity index (χ0) is 17.5. The van der Waals surface area contributed by atoms with Gasteiger partial charge in [0, 0.05) is 6.54 Å². The Morgan fingerprint density at radius 2 is 1.83 bits per heavy atom. The number of aliphatic carboxylic acids is 1. The van der Waals surface area contributed by atoms with Crippen molar-refractivity contribution in [3.05, 3.63) is 65.2 Å². The average molecular weight is 327 g/mol. The van der Waals surface area contributed by atoms with Crippen LogP contribution in [0.3, 0.4) is 0 Å². The van der Waals surface area contributed by atoms with Gasteiger partial charge < -0.3 is 15.2 Å². The first-order valence-electron chi connectivity index (χ1n) is 8.19. The fraction of sp³-hybridized carbons (Fsp3) is 0.350. The van der Waals surface area contributed by atoms with E-state index in [9.17, 15) is 9.90 Å². The maximum absolute atomic E-state index is 11.2. The molecule has 1 atom stereocenters. The summed E-state index contributed by atoms with van der Waals surface area (Å²) >= 11 is 0. The standard InChI is InChI=1S/C20H25NO3/c1-14(2)19(20(22)23)21-12-16-7-5-9-18(11-16)24-13-17-8-4-6-15(3)10-17/h4-11,14,19,21H,12-13H2,1-3H3,(H,22,23). The summed E-state index contributed by atoms with van der Waals surface area (Å²) in [7, 11) is 0. The zero-order valence-electron chi connectivity index (χ0n) is 14.5. The molecular formula is C20H25NO3. The first-order chi connectivity index (χ1) is 11.5. The molecule has 0 heterocycles. The molecule has 0 aliphatic heterocycles. The Morgan fingerprint density at radius 1 is 1.12 bits per heavy atom. The van der Waals surface area contributed by atoms with Crippen LogP contribution in [0.1, 0.15) is 30.5 Å². The Hall–Kier alpha value is -2.33. The lowest BCUT2D eigenvalue weighted by Gasteiger charge is -2.18. The molecule has 2 N–H and O–H groups in total. The summed E-state index contributed by atoms with van der Waals surface area (Å²) in [6, 6.07) is 15.4. The van der Waals surface area contributed by atoms with Gasteiger partial charge in [0.1, 0.15) is 18.4 Å². The first-order valence-corrected chi connectivity index (χ1v) is 8.19. The van der Waals surface area contributed by atoms with Crippen LogP contribution in [-0.4, -0.2) is 17.1 Å². The lowest BCUT2D eigenvalue weighted by atomic mass is 10.0. The first kappa shape index (κ1) is 18.0. The molecule has 0 saturated heterocycles. The molecule has 4 heteroatoms. The van der Waals surface area contributed by atoms with E-state index in [0.29, 0.717) is 13.2 Å². The van der Waals surface area contributed by atoms with Gasteiger partial charge in [0.2, 0.25) is 0 Å². The fourth-order valence-corrected chi connectivity index (χ4v) is 2.55. The molecular weight excluding hydrogens is 302 g/mol. The molecule has 2 rings (SSSR count). The van der Waals surface area contributed by atoms with Crippen LogP contribution in [0.15, 0.2) is 48.5 Å². The molecule has 0 bridgehead atoms. The number of ether oxygens (including phenoxy) is 1. The van der Waals surface area contributed by atoms with E-state index in [1.165, 1.54) is 5.56 Å². The van der Waals surface area contributed by atoms with Crippen LogP contribution in [-0.2, 0) is 17.9 Å². The normalized spacial score (nSPS) is 12.2. The third-order valence-electron chi connectivity index (χ3n) is 3.85. The molecule has 2 aromatic carbocycles. The van der Waals surface area contributed by atoms with Gasteiger partial charge in [-0.25, -0.2) is 0 Å². The highest BCUT2D eigenvalue weighted by atomic mass is 16.5. The molecule has 128 valence electrons. The summed E-state index contributed by atoms with van der Waals surface area (Å²) in [5.74, 6) is -0.00710. The minimum atomic E-state index is -0.822. The van der Waals surface area contributed by atoms with Crippen molar-refractivity contribution < 1.29 is 14.6 Å². The summed E-state index contributed by atoms with van der Waals surface area (Å²) < 4.78 is 5.85. The van der Waals surface area contributed by atoms with Gasteiger partial charge in [-0.2, -0.15) is 0 Å². The van der Waals surface area contributed by atoms with Crippen LogP contribution in [0.2, 0.25) is 0 Å². The Labute approximate surface area is 143 Å². The van der Waals surface area contributed by atoms with Gasteiger partial charge >= 0.3 is 5.97 Å². The van der Waals surface area contributed by atoms with E-state index in [-0.39, 0.29) is 5.92 Å². The van der Waals surface area contributed by atoms with Crippen LogP contribution < -0.4 is 10.1 Å². The Kier molecular flexibility index (Phi) is 6.38. The Balaban J connectivity index is 1.94. The highest BCUT2D eigenvalue weighted by Gasteiger charge is 2.20. The van der Waals surface area contributed by atoms with Gasteiger partial charge in [-0.1, -0.05) is 55.8 Å². The van der Waals surface area contributed by atoms with Crippen molar-refractivity contribution in [2.75, 3.05) is 0 Å². The highest BCUT2D eigenvalue weighted by molar-refractivity contribution is 5.73. The lowest BCUT2D eigenvalue weighted by Crippen LogP contribution is -2.40. The predicted molar refractivity (Wildman–Crippen MR) is 95.1 cm³/mol. The smallest absolute Gasteiger partial charge is 0.320 e. The van der Waals surface area contributed by atoms with Crippen molar-refractivity contribution in [2.24, 2.45) is 5.92 Å². The second-order valence-electron chi connectivity index (χ2n) is 6.37. The van der Waals surface area contributed by atoms with Crippen molar-refractivity contribution in [1.82, 2.24) is 5.32 Å². The molecule has 0 amide bonds. The van der Waals surface area contributed by atoms with Crippen molar-refractivity contribution >= 4 is 5.97 Å². The summed E-state index contributed by atoms with van der Waals surface area (Å²) in [6.45, 7) is 6.86. The molecule has 0 radical (unpaired) electrons. The average Bonchev–Trinajstić information content (AvgIpc) is 2.53. The van der Waals surface area contributed by atoms with Crippen LogP contribution in [0.4, 0.5) is 0 Å². The monoisotopic (exact) mass is 327 g/mol. The molecule has 0 saturated carbocycles. The quantitative estimate of drug-likeness (QED) is 0.775. The van der Waals surface area contributed by atoms with Crippen LogP contribution in [0.25, 0.3) is 0 Å². The topological polar surface area (TPSA) is 58.6 Å². The van der Waals surface area contributed by atoms with Crippen molar-refractivity contribution in [3.63, 3.8) is 0 Å². The molecule has 24 heavy (non-hydrogen) atoms. The summed E-state index contributed by atoms with van der Waals surface area (Å²) in [5.41, 5.74) is 3.34. The maximum Gasteiger partial charge on any atom is 0.320 e. The number of aryl methyl sites for hydroxylation is 1. The minimum Gasteiger partial charge on any atom is -0.489 e. The fourth-order valence-electron chi connectivity index (χ4n) is 2.55. The van der Waals surface area contributed by atoms with Gasteiger partial charge in [-0.15, -0.1) is 0 Å². The molecule has 2 aromatic rings. The number of carbonyl (C=O) groups is 1. The molecule has 0 fully saturated rings. The molecule has 0 spiro atoms. The van der Waals surface area contributed by atoms with Crippen LogP contribution >= 0.6 is 0 Å². The van der Waals surface area contributed by atoms with Crippen molar-refractivity contribution in [2.45, 2.75) is 40.0 Å². The van der Waals surface area contributed by atoms with E-state index >= 15 is 0 Å². The van der Waals surface area contributed by atoms with Gasteiger partial charge in [0.05, 0.1) is 0 Å². The maximum atomic E-state index is 11.2. The van der Waals surface area contributed by atoms with Gasteiger partial charge in [0.15, 0.2) is 0 Å². The van der Waals surface area contributed by atoms with Crippen LogP contribution in [0, 0.1) is 12.8 Å². The number of hydrogen-bond acceptors (Lipinski definition) is 3. The molecule has 0 aromatic heterocycles. The SMILES string of the molecule is Cc1cccc(COc2cccc(CNC(C(=O)O)C(C)C)c2)c1. The molecule has 0 aliphatic rings. The third-order valence-corrected chi connectivity index (χ3v) is 3.85. The van der Waals surface area contributed by atoms with E-state index in [0.717, 1.165) is 16.9 Å². The van der Waals surface area contributed by atoms with Crippen molar-refractivity contribution in [3.8, 4) is 5.75 Å². The number of benzene rings is 2. The Bertz CT molecular complexity index is 682. The van der Waals surface area contributed by atoms with E-state index in [1.54, 1.807) is 0 Å². The van der Waals surface area contributed by atoms with Gasteiger partial charge in [0.25, 0.3) is 0 Å². The van der Waals surface area contributed by atoms with Crippen LogP contribution in [0.5, 0.6) is 5.75 Å². The van der Waals surface area contributed by atoms with E-state index in [1.807, 2.05) is 50.2 Å². The van der Waals surface area contributed by atoms with Gasteiger partial charge in [-0.3, -0.25) is 4.79 Å². The summed E-state index contributed by atoms with van der Waals surface area (Å²) in [4.78, 5) is 11.2. The molecule has 4 nitrogen and oxygen atoms in total. The summed E-state index contributed by atoms with van der Waals surface area (Å²) in [5, 5.41) is 12.3. The largest absolute Gasteiger partial charge is 0.489 e. The number of hydrogen-bond donors (Lipinski definition) is 2. The van der Waals surface area contributed by atoms with E-state index in [4.69, 9.17) is 4.74 Å². The second-order valence-corrected chi connectivity index (χ2v) is 6.37. The number of nitrogens with one attached hydrogen (secondary N) is 1. The highest BCUT2D eigenvalue weighted by Crippen LogP contribution is 2.16. The molecule has 0 aliphatic carbocycles. The second kappa shape index (κ2) is 8.50.